The molecule has 0 aliphatic carbocycles. The Morgan fingerprint density at radius 3 is 2.30 bits per heavy atom. The molecule has 0 saturated heterocycles. The highest BCUT2D eigenvalue weighted by Crippen LogP contribution is 2.02. The fraction of sp³-hybridized carbons (Fsp3) is 0.400. The van der Waals surface area contributed by atoms with E-state index in [1.165, 1.54) is 0 Å². The van der Waals surface area contributed by atoms with E-state index in [9.17, 15) is 14.4 Å². The minimum Gasteiger partial charge on any atom is -0.396 e. The molecule has 126 valence electrons. The second-order valence-corrected chi connectivity index (χ2v) is 4.95. The lowest BCUT2D eigenvalue weighted by Gasteiger charge is -2.09. The third kappa shape index (κ3) is 8.42. The van der Waals surface area contributed by atoms with Crippen molar-refractivity contribution in [1.82, 2.24) is 21.5 Å². The van der Waals surface area contributed by atoms with Crippen LogP contribution in [-0.4, -0.2) is 36.1 Å². The molecule has 0 spiro atoms. The van der Waals surface area contributed by atoms with E-state index in [0.717, 1.165) is 11.1 Å². The number of aryl methyl sites for hydroxylation is 1. The Balaban J connectivity index is 2.16. The monoisotopic (exact) mass is 322 g/mol. The molecule has 1 aromatic carbocycles. The molecule has 0 aliphatic heterocycles. The van der Waals surface area contributed by atoms with Crippen LogP contribution in [0.5, 0.6) is 0 Å². The van der Waals surface area contributed by atoms with Crippen LogP contribution in [0.1, 0.15) is 24.0 Å². The van der Waals surface area contributed by atoms with Crippen molar-refractivity contribution in [1.29, 1.82) is 0 Å². The Labute approximate surface area is 134 Å². The van der Waals surface area contributed by atoms with Crippen molar-refractivity contribution in [2.75, 3.05) is 13.2 Å². The predicted molar refractivity (Wildman–Crippen MR) is 84.0 cm³/mol. The van der Waals surface area contributed by atoms with Crippen LogP contribution in [0, 0.1) is 6.92 Å². The summed E-state index contributed by atoms with van der Waals surface area (Å²) in [7, 11) is 0. The van der Waals surface area contributed by atoms with Gasteiger partial charge in [0.2, 0.25) is 5.91 Å². The average Bonchev–Trinajstić information content (AvgIpc) is 2.55. The highest BCUT2D eigenvalue weighted by atomic mass is 16.3. The number of aliphatic hydroxyl groups is 1. The minimum absolute atomic E-state index is 0.0932. The third-order valence-corrected chi connectivity index (χ3v) is 2.89. The van der Waals surface area contributed by atoms with Gasteiger partial charge in [0.1, 0.15) is 6.54 Å². The Kier molecular flexibility index (Phi) is 8.16. The molecule has 8 heteroatoms. The molecule has 4 amide bonds. The molecule has 1 rings (SSSR count). The minimum atomic E-state index is -0.548. The quantitative estimate of drug-likeness (QED) is 0.443. The van der Waals surface area contributed by atoms with E-state index >= 15 is 0 Å². The van der Waals surface area contributed by atoms with Crippen molar-refractivity contribution >= 4 is 17.8 Å². The van der Waals surface area contributed by atoms with Crippen molar-refractivity contribution in [2.24, 2.45) is 0 Å². The summed E-state index contributed by atoms with van der Waals surface area (Å²) >= 11 is 0. The molecular formula is C15H22N4O4. The van der Waals surface area contributed by atoms with Gasteiger partial charge in [0, 0.05) is 19.6 Å². The lowest BCUT2D eigenvalue weighted by atomic mass is 10.1. The summed E-state index contributed by atoms with van der Waals surface area (Å²) in [6, 6.07) is 7.23. The number of aliphatic hydroxyl groups excluding tert-OH is 1. The molecule has 0 fully saturated rings. The predicted octanol–water partition coefficient (Wildman–Crippen LogP) is -0.286. The van der Waals surface area contributed by atoms with Crippen LogP contribution in [0.2, 0.25) is 0 Å². The second kappa shape index (κ2) is 10.2. The van der Waals surface area contributed by atoms with Gasteiger partial charge in [-0.25, -0.2) is 4.79 Å². The fourth-order valence-electron chi connectivity index (χ4n) is 1.60. The number of amides is 4. The van der Waals surface area contributed by atoms with Crippen LogP contribution in [0.4, 0.5) is 4.79 Å². The van der Waals surface area contributed by atoms with Gasteiger partial charge < -0.3 is 15.7 Å². The zero-order chi connectivity index (χ0) is 17.1. The molecule has 0 radical (unpaired) electrons. The Hall–Kier alpha value is -2.61. The first kappa shape index (κ1) is 18.4. The zero-order valence-electron chi connectivity index (χ0n) is 13.0. The van der Waals surface area contributed by atoms with Crippen LogP contribution in [-0.2, 0) is 16.1 Å². The van der Waals surface area contributed by atoms with E-state index in [1.807, 2.05) is 31.2 Å². The number of urea groups is 1. The average molecular weight is 322 g/mol. The van der Waals surface area contributed by atoms with Gasteiger partial charge in [0.05, 0.1) is 0 Å². The van der Waals surface area contributed by atoms with E-state index in [1.54, 1.807) is 0 Å². The van der Waals surface area contributed by atoms with Gasteiger partial charge in [-0.05, 0) is 18.9 Å². The molecule has 0 bridgehead atoms. The van der Waals surface area contributed by atoms with Crippen LogP contribution in [0.25, 0.3) is 0 Å². The normalized spacial score (nSPS) is 9.83. The van der Waals surface area contributed by atoms with Crippen molar-refractivity contribution in [2.45, 2.75) is 26.3 Å². The lowest BCUT2D eigenvalue weighted by molar-refractivity contribution is -0.128. The summed E-state index contributed by atoms with van der Waals surface area (Å²) in [4.78, 5) is 34.2. The number of carbonyl (C=O) groups excluding carboxylic acids is 3. The first-order chi connectivity index (χ1) is 11.0. The number of benzene rings is 1. The van der Waals surface area contributed by atoms with Gasteiger partial charge in [-0.3, -0.25) is 20.4 Å². The summed E-state index contributed by atoms with van der Waals surface area (Å²) in [5.74, 6) is -0.955. The van der Waals surface area contributed by atoms with Crippen LogP contribution < -0.4 is 21.5 Å². The van der Waals surface area contributed by atoms with Crippen molar-refractivity contribution < 1.29 is 19.5 Å². The van der Waals surface area contributed by atoms with Gasteiger partial charge in [-0.2, -0.15) is 0 Å². The van der Waals surface area contributed by atoms with Gasteiger partial charge in [-0.15, -0.1) is 0 Å². The second-order valence-electron chi connectivity index (χ2n) is 4.95. The molecule has 5 N–H and O–H groups in total. The van der Waals surface area contributed by atoms with E-state index in [-0.39, 0.29) is 19.6 Å². The molecular weight excluding hydrogens is 300 g/mol. The molecule has 1 aromatic rings. The standard InChI is InChI=1S/C15H22N4O4/c1-11-4-6-12(7-5-11)9-16-15(23)17-10-14(22)19-18-13(21)3-2-8-20/h4-7,20H,2-3,8-10H2,1H3,(H,18,21)(H,19,22)(H2,16,17,23). The summed E-state index contributed by atoms with van der Waals surface area (Å²) in [6.07, 6.45) is 0.433. The van der Waals surface area contributed by atoms with Gasteiger partial charge >= 0.3 is 6.03 Å². The maximum Gasteiger partial charge on any atom is 0.315 e. The Morgan fingerprint density at radius 2 is 1.65 bits per heavy atom. The maximum absolute atomic E-state index is 11.5. The Bertz CT molecular complexity index is 531. The molecule has 0 aliphatic rings. The van der Waals surface area contributed by atoms with E-state index < -0.39 is 17.8 Å². The molecule has 0 atom stereocenters. The maximum atomic E-state index is 11.5. The number of rotatable bonds is 7. The SMILES string of the molecule is Cc1ccc(CNC(=O)NCC(=O)NNC(=O)CCCO)cc1. The lowest BCUT2D eigenvalue weighted by Crippen LogP contribution is -2.47. The van der Waals surface area contributed by atoms with Crippen LogP contribution in [0.3, 0.4) is 0 Å². The van der Waals surface area contributed by atoms with Crippen LogP contribution >= 0.6 is 0 Å². The number of carbonyl (C=O) groups is 3. The number of hydrogen-bond donors (Lipinski definition) is 5. The smallest absolute Gasteiger partial charge is 0.315 e. The first-order valence-electron chi connectivity index (χ1n) is 7.27. The molecule has 23 heavy (non-hydrogen) atoms. The fourth-order valence-corrected chi connectivity index (χ4v) is 1.60. The van der Waals surface area contributed by atoms with E-state index in [4.69, 9.17) is 5.11 Å². The van der Waals surface area contributed by atoms with E-state index in [0.29, 0.717) is 13.0 Å². The number of hydrogen-bond acceptors (Lipinski definition) is 4. The number of hydrazine groups is 1. The summed E-state index contributed by atoms with van der Waals surface area (Å²) in [5.41, 5.74) is 6.43. The van der Waals surface area contributed by atoms with Crippen molar-refractivity contribution in [3.8, 4) is 0 Å². The summed E-state index contributed by atoms with van der Waals surface area (Å²) in [5, 5.41) is 13.6. The van der Waals surface area contributed by atoms with Gasteiger partial charge in [-0.1, -0.05) is 29.8 Å². The van der Waals surface area contributed by atoms with Gasteiger partial charge in [0.25, 0.3) is 5.91 Å². The summed E-state index contributed by atoms with van der Waals surface area (Å²) in [6.45, 7) is 1.97. The third-order valence-electron chi connectivity index (χ3n) is 2.89. The largest absolute Gasteiger partial charge is 0.396 e. The Morgan fingerprint density at radius 1 is 1.00 bits per heavy atom. The van der Waals surface area contributed by atoms with Crippen LogP contribution in [0.15, 0.2) is 24.3 Å². The van der Waals surface area contributed by atoms with Gasteiger partial charge in [0.15, 0.2) is 0 Å². The number of nitrogens with one attached hydrogen (secondary N) is 4. The molecule has 0 unspecified atom stereocenters. The molecule has 0 aromatic heterocycles. The molecule has 8 nitrogen and oxygen atoms in total. The highest BCUT2D eigenvalue weighted by molar-refractivity contribution is 5.86. The van der Waals surface area contributed by atoms with Crippen molar-refractivity contribution in [3.63, 3.8) is 0 Å². The topological polar surface area (TPSA) is 120 Å². The van der Waals surface area contributed by atoms with Crippen molar-refractivity contribution in [3.05, 3.63) is 35.4 Å². The van der Waals surface area contributed by atoms with E-state index in [2.05, 4.69) is 21.5 Å². The highest BCUT2D eigenvalue weighted by Gasteiger charge is 2.06. The zero-order valence-corrected chi connectivity index (χ0v) is 13.0. The first-order valence-corrected chi connectivity index (χ1v) is 7.27. The molecule has 0 heterocycles. The summed E-state index contributed by atoms with van der Waals surface area (Å²) < 4.78 is 0. The molecule has 0 saturated carbocycles.